The molecule has 0 radical (unpaired) electrons. The fraction of sp³-hybridized carbons (Fsp3) is 0.571. The number of rotatable bonds is 1. The number of anilines is 1. The Morgan fingerprint density at radius 2 is 2.17 bits per heavy atom. The van der Waals surface area contributed by atoms with Gasteiger partial charge in [-0.15, -0.1) is 0 Å². The molecule has 5 rings (SSSR count). The molecule has 23 heavy (non-hydrogen) atoms. The van der Waals surface area contributed by atoms with Crippen LogP contribution in [-0.2, 0) is 11.2 Å². The number of para-hydroxylation sites is 1. The monoisotopic (exact) mass is 307 g/mol. The summed E-state index contributed by atoms with van der Waals surface area (Å²) >= 11 is 0. The van der Waals surface area contributed by atoms with E-state index in [0.717, 1.165) is 50.5 Å². The number of benzene rings is 1. The van der Waals surface area contributed by atoms with Crippen molar-refractivity contribution in [3.63, 3.8) is 0 Å². The number of amides is 1. The minimum atomic E-state index is -0.0872. The molecule has 1 heterocycles. The molecule has 0 N–H and O–H groups in total. The smallest absolute Gasteiger partial charge is 0.233 e. The molecule has 2 fully saturated rings. The van der Waals surface area contributed by atoms with Gasteiger partial charge in [-0.1, -0.05) is 29.8 Å². The number of fused-ring (bicyclic) bond motifs is 2. The van der Waals surface area contributed by atoms with Gasteiger partial charge in [0.25, 0.3) is 0 Å². The number of nitrogens with zero attached hydrogens (tertiary/aromatic N) is 1. The standard InChI is InChI=1S/C21H25NO/c1-14-4-2-5-16-6-3-11-22(19(14)16)20(23)21-10-9-15-7-8-17(12-21)18(15)13-21/h2,4-5,9,17-18H,3,6-8,10-13H2,1H3. The van der Waals surface area contributed by atoms with Crippen LogP contribution in [0.5, 0.6) is 0 Å². The van der Waals surface area contributed by atoms with Gasteiger partial charge in [-0.05, 0) is 74.8 Å². The van der Waals surface area contributed by atoms with Gasteiger partial charge < -0.3 is 4.90 Å². The predicted molar refractivity (Wildman–Crippen MR) is 92.4 cm³/mol. The third kappa shape index (κ3) is 1.84. The van der Waals surface area contributed by atoms with Gasteiger partial charge in [0.2, 0.25) is 5.91 Å². The van der Waals surface area contributed by atoms with E-state index >= 15 is 0 Å². The van der Waals surface area contributed by atoms with Crippen molar-refractivity contribution in [3.05, 3.63) is 41.0 Å². The van der Waals surface area contributed by atoms with Gasteiger partial charge in [0.15, 0.2) is 0 Å². The van der Waals surface area contributed by atoms with E-state index in [9.17, 15) is 4.79 Å². The molecule has 3 unspecified atom stereocenters. The first-order chi connectivity index (χ1) is 11.2. The first-order valence-corrected chi connectivity index (χ1v) is 9.27. The Morgan fingerprint density at radius 1 is 1.26 bits per heavy atom. The SMILES string of the molecule is Cc1cccc2c1N(C(=O)C13CC=C4CCC(C1)C4C3)CCC2. The van der Waals surface area contributed by atoms with Crippen LogP contribution in [0.2, 0.25) is 0 Å². The molecule has 2 saturated carbocycles. The van der Waals surface area contributed by atoms with Gasteiger partial charge in [-0.3, -0.25) is 4.79 Å². The molecule has 0 saturated heterocycles. The molecule has 2 bridgehead atoms. The quantitative estimate of drug-likeness (QED) is 0.704. The summed E-state index contributed by atoms with van der Waals surface area (Å²) in [5.41, 5.74) is 5.44. The van der Waals surface area contributed by atoms with Crippen LogP contribution in [0, 0.1) is 24.2 Å². The van der Waals surface area contributed by atoms with Gasteiger partial charge in [0.05, 0.1) is 5.41 Å². The number of carbonyl (C=O) groups is 1. The molecule has 2 nitrogen and oxygen atoms in total. The molecule has 3 aliphatic carbocycles. The Labute approximate surface area is 138 Å². The van der Waals surface area contributed by atoms with Gasteiger partial charge in [-0.25, -0.2) is 0 Å². The van der Waals surface area contributed by atoms with Gasteiger partial charge in [-0.2, -0.15) is 0 Å². The Balaban J connectivity index is 1.54. The van der Waals surface area contributed by atoms with Crippen molar-refractivity contribution in [2.24, 2.45) is 17.3 Å². The summed E-state index contributed by atoms with van der Waals surface area (Å²) in [6.07, 6.45) is 10.5. The van der Waals surface area contributed by atoms with Crippen molar-refractivity contribution >= 4 is 11.6 Å². The lowest BCUT2D eigenvalue weighted by Crippen LogP contribution is -2.46. The largest absolute Gasteiger partial charge is 0.311 e. The van der Waals surface area contributed by atoms with Crippen molar-refractivity contribution in [3.8, 4) is 0 Å². The third-order valence-corrected chi connectivity index (χ3v) is 6.99. The fourth-order valence-electron chi connectivity index (χ4n) is 5.93. The molecule has 4 aliphatic rings. The van der Waals surface area contributed by atoms with Crippen molar-refractivity contribution < 1.29 is 4.79 Å². The normalized spacial score (nSPS) is 34.3. The van der Waals surface area contributed by atoms with Crippen LogP contribution in [0.3, 0.4) is 0 Å². The summed E-state index contributed by atoms with van der Waals surface area (Å²) in [6.45, 7) is 3.06. The highest BCUT2D eigenvalue weighted by Crippen LogP contribution is 2.61. The molecule has 0 aromatic heterocycles. The molecule has 1 aromatic rings. The molecule has 3 atom stereocenters. The molecule has 120 valence electrons. The molecular weight excluding hydrogens is 282 g/mol. The zero-order valence-corrected chi connectivity index (χ0v) is 14.0. The maximum atomic E-state index is 13.6. The van der Waals surface area contributed by atoms with Crippen LogP contribution in [0.4, 0.5) is 5.69 Å². The van der Waals surface area contributed by atoms with Crippen LogP contribution in [0.15, 0.2) is 29.8 Å². The van der Waals surface area contributed by atoms with E-state index < -0.39 is 0 Å². The Bertz CT molecular complexity index is 719. The second-order valence-corrected chi connectivity index (χ2v) is 8.22. The molecule has 0 spiro atoms. The zero-order chi connectivity index (χ0) is 15.6. The highest BCUT2D eigenvalue weighted by Gasteiger charge is 2.55. The van der Waals surface area contributed by atoms with Gasteiger partial charge in [0.1, 0.15) is 0 Å². The summed E-state index contributed by atoms with van der Waals surface area (Å²) < 4.78 is 0. The average Bonchev–Trinajstić information content (AvgIpc) is 3.07. The molecule has 1 amide bonds. The van der Waals surface area contributed by atoms with Gasteiger partial charge >= 0.3 is 0 Å². The van der Waals surface area contributed by atoms with Crippen LogP contribution >= 0.6 is 0 Å². The first-order valence-electron chi connectivity index (χ1n) is 9.27. The summed E-state index contributed by atoms with van der Waals surface area (Å²) in [6, 6.07) is 6.50. The number of hydrogen-bond donors (Lipinski definition) is 0. The number of aryl methyl sites for hydroxylation is 2. The number of carbonyl (C=O) groups excluding carboxylic acids is 1. The topological polar surface area (TPSA) is 20.3 Å². The van der Waals surface area contributed by atoms with Crippen LogP contribution in [-0.4, -0.2) is 12.5 Å². The van der Waals surface area contributed by atoms with E-state index in [0.29, 0.717) is 5.91 Å². The minimum absolute atomic E-state index is 0.0872. The molecular formula is C21H25NO. The van der Waals surface area contributed by atoms with E-state index in [2.05, 4.69) is 36.1 Å². The van der Waals surface area contributed by atoms with Crippen molar-refractivity contribution in [1.82, 2.24) is 0 Å². The fourth-order valence-corrected chi connectivity index (χ4v) is 5.93. The van der Waals surface area contributed by atoms with E-state index in [1.165, 1.54) is 29.7 Å². The second kappa shape index (κ2) is 4.72. The lowest BCUT2D eigenvalue weighted by atomic mass is 9.74. The maximum absolute atomic E-state index is 13.6. The van der Waals surface area contributed by atoms with Gasteiger partial charge in [0, 0.05) is 12.2 Å². The zero-order valence-electron chi connectivity index (χ0n) is 14.0. The summed E-state index contributed by atoms with van der Waals surface area (Å²) in [7, 11) is 0. The van der Waals surface area contributed by atoms with Crippen molar-refractivity contribution in [1.29, 1.82) is 0 Å². The molecule has 1 aliphatic heterocycles. The summed E-state index contributed by atoms with van der Waals surface area (Å²) in [5, 5.41) is 0. The number of allylic oxidation sites excluding steroid dienone is 2. The second-order valence-electron chi connectivity index (χ2n) is 8.22. The number of hydrogen-bond acceptors (Lipinski definition) is 1. The minimum Gasteiger partial charge on any atom is -0.311 e. The predicted octanol–water partition coefficient (Wildman–Crippen LogP) is 4.41. The maximum Gasteiger partial charge on any atom is 0.233 e. The van der Waals surface area contributed by atoms with Crippen molar-refractivity contribution in [2.45, 2.75) is 51.9 Å². The summed E-state index contributed by atoms with van der Waals surface area (Å²) in [5.74, 6) is 1.94. The first kappa shape index (κ1) is 13.8. The van der Waals surface area contributed by atoms with E-state index in [1.807, 2.05) is 0 Å². The van der Waals surface area contributed by atoms with Crippen LogP contribution in [0.25, 0.3) is 0 Å². The average molecular weight is 307 g/mol. The molecule has 2 heteroatoms. The Kier molecular flexibility index (Phi) is 2.84. The highest BCUT2D eigenvalue weighted by atomic mass is 16.2. The van der Waals surface area contributed by atoms with Crippen molar-refractivity contribution in [2.75, 3.05) is 11.4 Å². The van der Waals surface area contributed by atoms with Crippen LogP contribution < -0.4 is 4.90 Å². The third-order valence-electron chi connectivity index (χ3n) is 6.99. The lowest BCUT2D eigenvalue weighted by molar-refractivity contribution is -0.128. The lowest BCUT2D eigenvalue weighted by Gasteiger charge is -2.39. The summed E-state index contributed by atoms with van der Waals surface area (Å²) in [4.78, 5) is 15.8. The Morgan fingerprint density at radius 3 is 3.09 bits per heavy atom. The van der Waals surface area contributed by atoms with E-state index in [1.54, 1.807) is 5.57 Å². The Hall–Kier alpha value is -1.57. The van der Waals surface area contributed by atoms with Crippen LogP contribution in [0.1, 0.15) is 49.7 Å². The molecule has 1 aromatic carbocycles. The highest BCUT2D eigenvalue weighted by molar-refractivity contribution is 6.00. The van der Waals surface area contributed by atoms with E-state index in [4.69, 9.17) is 0 Å². The van der Waals surface area contributed by atoms with E-state index in [-0.39, 0.29) is 5.41 Å².